The van der Waals surface area contributed by atoms with Crippen LogP contribution in [0.1, 0.15) is 76.6 Å². The number of cyclic esters (lactones) is 1. The summed E-state index contributed by atoms with van der Waals surface area (Å²) < 4.78 is 8.55. The van der Waals surface area contributed by atoms with Gasteiger partial charge in [0.25, 0.3) is 0 Å². The van der Waals surface area contributed by atoms with Gasteiger partial charge in [0.1, 0.15) is 6.04 Å². The lowest BCUT2D eigenvalue weighted by atomic mass is 9.84. The molecule has 6 bridgehead atoms. The fourth-order valence-corrected chi connectivity index (χ4v) is 8.85. The third kappa shape index (κ3) is 7.17. The molecule has 10 nitrogen and oxygen atoms in total. The third-order valence-electron chi connectivity index (χ3n) is 10.8. The molecule has 1 amide bonds. The van der Waals surface area contributed by atoms with Gasteiger partial charge in [0.15, 0.2) is 0 Å². The molecule has 2 atom stereocenters. The number of likely N-dealkylation sites (N-methyl/N-ethyl adjacent to an activating group) is 1. The molecule has 7 rings (SSSR count). The zero-order chi connectivity index (χ0) is 36.0. The van der Waals surface area contributed by atoms with Crippen LogP contribution in [0.25, 0.3) is 33.4 Å². The highest BCUT2D eigenvalue weighted by Crippen LogP contribution is 2.43. The van der Waals surface area contributed by atoms with Crippen LogP contribution in [0.3, 0.4) is 0 Å². The Morgan fingerprint density at radius 3 is 2.63 bits per heavy atom. The van der Waals surface area contributed by atoms with Gasteiger partial charge in [-0.3, -0.25) is 19.6 Å². The molecule has 3 aromatic heterocycles. The van der Waals surface area contributed by atoms with Crippen LogP contribution in [0.4, 0.5) is 5.69 Å². The fourth-order valence-electron chi connectivity index (χ4n) is 7.91. The first kappa shape index (κ1) is 35.6. The SMILES string of the molecule is CCn1c(-c2cc(N3CCN(C)CC3)cnc2C(C)C)c2c3cc(ccc31)-c1csc(n1)C[C@H](C)C(=O)N1CCC[C@H](N1)C(=O)OCC(C)(C)C2. The molecule has 0 radical (unpaired) electrons. The van der Waals surface area contributed by atoms with E-state index in [2.05, 4.69) is 97.3 Å². The zero-order valence-electron chi connectivity index (χ0n) is 31.3. The highest BCUT2D eigenvalue weighted by molar-refractivity contribution is 7.10. The second kappa shape index (κ2) is 14.3. The van der Waals surface area contributed by atoms with Gasteiger partial charge in [-0.25, -0.2) is 10.4 Å². The molecule has 11 heteroatoms. The lowest BCUT2D eigenvalue weighted by Gasteiger charge is -2.35. The van der Waals surface area contributed by atoms with Gasteiger partial charge in [0.05, 0.1) is 40.6 Å². The molecule has 2 fully saturated rings. The summed E-state index contributed by atoms with van der Waals surface area (Å²) in [5.74, 6) is -0.364. The lowest BCUT2D eigenvalue weighted by Crippen LogP contribution is -2.56. The summed E-state index contributed by atoms with van der Waals surface area (Å²) in [4.78, 5) is 42.0. The topological polar surface area (TPSA) is 95.8 Å². The average molecular weight is 712 g/mol. The minimum Gasteiger partial charge on any atom is -0.464 e. The van der Waals surface area contributed by atoms with Crippen LogP contribution >= 0.6 is 11.3 Å². The quantitative estimate of drug-likeness (QED) is 0.239. The minimum absolute atomic E-state index is 0.0165. The number of fused-ring (bicyclic) bond motifs is 6. The van der Waals surface area contributed by atoms with Crippen molar-refractivity contribution >= 4 is 39.8 Å². The van der Waals surface area contributed by atoms with Gasteiger partial charge in [-0.2, -0.15) is 0 Å². The molecule has 1 aromatic carbocycles. The van der Waals surface area contributed by atoms with E-state index in [4.69, 9.17) is 14.7 Å². The summed E-state index contributed by atoms with van der Waals surface area (Å²) in [6.45, 7) is 18.6. The largest absolute Gasteiger partial charge is 0.464 e. The van der Waals surface area contributed by atoms with Crippen LogP contribution in [-0.4, -0.2) is 88.7 Å². The second-order valence-corrected chi connectivity index (χ2v) is 16.8. The molecule has 0 aliphatic carbocycles. The van der Waals surface area contributed by atoms with Crippen molar-refractivity contribution in [3.8, 4) is 22.5 Å². The molecule has 3 aliphatic heterocycles. The molecule has 4 aromatic rings. The Hall–Kier alpha value is -3.80. The number of benzene rings is 1. The van der Waals surface area contributed by atoms with Crippen molar-refractivity contribution in [1.82, 2.24) is 29.9 Å². The number of carbonyl (C=O) groups excluding carboxylic acids is 2. The first-order valence-corrected chi connectivity index (χ1v) is 19.6. The Balaban J connectivity index is 1.39. The van der Waals surface area contributed by atoms with E-state index in [9.17, 15) is 9.59 Å². The zero-order valence-corrected chi connectivity index (χ0v) is 32.1. The number of rotatable bonds is 4. The van der Waals surface area contributed by atoms with E-state index < -0.39 is 6.04 Å². The standard InChI is InChI=1S/C40H53N7O3S/c1-8-46-34-12-11-27-19-29(34)31(37(46)30-20-28(22-41-36(30)25(2)3)45-16-14-44(7)15-17-45)21-40(5,6)24-50-39(49)32-10-9-13-47(43-32)38(48)26(4)18-35-42-33(27)23-51-35/h11-12,19-20,22-23,25-26,32,43H,8-10,13-18,21,24H2,1-7H3/t26-,32-/m0/s1. The van der Waals surface area contributed by atoms with Gasteiger partial charge >= 0.3 is 5.97 Å². The van der Waals surface area contributed by atoms with Gasteiger partial charge in [-0.15, -0.1) is 11.3 Å². The molecule has 3 aliphatic rings. The van der Waals surface area contributed by atoms with Gasteiger partial charge in [-0.1, -0.05) is 40.7 Å². The van der Waals surface area contributed by atoms with E-state index in [1.54, 1.807) is 16.3 Å². The van der Waals surface area contributed by atoms with Gasteiger partial charge in [-0.05, 0) is 62.9 Å². The van der Waals surface area contributed by atoms with Gasteiger partial charge in [0.2, 0.25) is 5.91 Å². The van der Waals surface area contributed by atoms with Crippen molar-refractivity contribution in [3.63, 3.8) is 0 Å². The van der Waals surface area contributed by atoms with Crippen molar-refractivity contribution in [2.24, 2.45) is 11.3 Å². The number of amides is 1. The fraction of sp³-hybridized carbons (Fsp3) is 0.550. The van der Waals surface area contributed by atoms with E-state index in [-0.39, 0.29) is 35.7 Å². The van der Waals surface area contributed by atoms with Crippen molar-refractivity contribution in [3.05, 3.63) is 52.1 Å². The molecular formula is C40H53N7O3S. The number of carbonyl (C=O) groups is 2. The van der Waals surface area contributed by atoms with Crippen LogP contribution in [0.5, 0.6) is 0 Å². The van der Waals surface area contributed by atoms with E-state index >= 15 is 0 Å². The number of anilines is 1. The third-order valence-corrected chi connectivity index (χ3v) is 11.7. The Morgan fingerprint density at radius 2 is 1.88 bits per heavy atom. The van der Waals surface area contributed by atoms with Gasteiger partial charge < -0.3 is 19.1 Å². The van der Waals surface area contributed by atoms with Crippen molar-refractivity contribution in [2.45, 2.75) is 85.7 Å². The molecule has 272 valence electrons. The maximum Gasteiger partial charge on any atom is 0.324 e. The summed E-state index contributed by atoms with van der Waals surface area (Å²) in [7, 11) is 2.19. The first-order valence-electron chi connectivity index (χ1n) is 18.7. The number of nitrogens with zero attached hydrogens (tertiary/aromatic N) is 6. The average Bonchev–Trinajstić information content (AvgIpc) is 3.71. The number of hydrogen-bond donors (Lipinski definition) is 1. The molecule has 0 saturated carbocycles. The molecule has 6 heterocycles. The number of pyridine rings is 1. The summed E-state index contributed by atoms with van der Waals surface area (Å²) in [5, 5.41) is 5.86. The van der Waals surface area contributed by atoms with E-state index in [1.807, 2.05) is 6.92 Å². The maximum atomic E-state index is 13.5. The number of nitrogens with one attached hydrogen (secondary N) is 1. The number of hydrogen-bond acceptors (Lipinski definition) is 9. The number of aromatic nitrogens is 3. The number of esters is 1. The van der Waals surface area contributed by atoms with E-state index in [1.165, 1.54) is 27.7 Å². The Bertz CT molecular complexity index is 1920. The Labute approximate surface area is 306 Å². The molecular weight excluding hydrogens is 659 g/mol. The number of ether oxygens (including phenoxy) is 1. The van der Waals surface area contributed by atoms with Gasteiger partial charge in [0, 0.05) is 84.4 Å². The van der Waals surface area contributed by atoms with E-state index in [0.29, 0.717) is 25.8 Å². The molecule has 51 heavy (non-hydrogen) atoms. The smallest absolute Gasteiger partial charge is 0.324 e. The Morgan fingerprint density at radius 1 is 1.10 bits per heavy atom. The van der Waals surface area contributed by atoms with Crippen LogP contribution in [0.15, 0.2) is 35.8 Å². The number of hydrazine groups is 1. The predicted octanol–water partition coefficient (Wildman–Crippen LogP) is 6.52. The van der Waals surface area contributed by atoms with E-state index in [0.717, 1.165) is 66.8 Å². The molecule has 0 spiro atoms. The highest BCUT2D eigenvalue weighted by atomic mass is 32.1. The van der Waals surface area contributed by atoms with Crippen molar-refractivity contribution < 1.29 is 14.3 Å². The summed E-state index contributed by atoms with van der Waals surface area (Å²) in [5.41, 5.74) is 11.8. The summed E-state index contributed by atoms with van der Waals surface area (Å²) >= 11 is 1.60. The second-order valence-electron chi connectivity index (χ2n) is 15.9. The van der Waals surface area contributed by atoms with Crippen LogP contribution in [0.2, 0.25) is 0 Å². The summed E-state index contributed by atoms with van der Waals surface area (Å²) in [6, 6.07) is 8.55. The lowest BCUT2D eigenvalue weighted by molar-refractivity contribution is -0.155. The Kier molecular flexibility index (Phi) is 9.99. The van der Waals surface area contributed by atoms with Crippen LogP contribution in [0, 0.1) is 11.3 Å². The monoisotopic (exact) mass is 711 g/mol. The normalized spacial score (nSPS) is 22.0. The molecule has 0 unspecified atom stereocenters. The number of piperazine rings is 1. The number of aryl methyl sites for hydroxylation is 1. The van der Waals surface area contributed by atoms with Crippen molar-refractivity contribution in [2.75, 3.05) is 51.3 Å². The highest BCUT2D eigenvalue weighted by Gasteiger charge is 2.34. The first-order chi connectivity index (χ1) is 24.4. The minimum atomic E-state index is -0.548. The predicted molar refractivity (Wildman–Crippen MR) is 205 cm³/mol. The van der Waals surface area contributed by atoms with Crippen LogP contribution in [-0.2, 0) is 33.7 Å². The van der Waals surface area contributed by atoms with Crippen molar-refractivity contribution in [1.29, 1.82) is 0 Å². The number of thiazole rings is 1. The summed E-state index contributed by atoms with van der Waals surface area (Å²) in [6.07, 6.45) is 4.69. The molecule has 2 saturated heterocycles. The molecule has 1 N–H and O–H groups in total. The van der Waals surface area contributed by atoms with Crippen LogP contribution < -0.4 is 10.3 Å². The maximum absolute atomic E-state index is 13.5.